The molecule has 114 heavy (non-hydrogen) atoms. The molecular formula is C63H52F36N8OP6. The fourth-order valence-electron chi connectivity index (χ4n) is 8.98. The van der Waals surface area contributed by atoms with Gasteiger partial charge < -0.3 is 0 Å². The van der Waals surface area contributed by atoms with Gasteiger partial charge in [0.15, 0.2) is 114 Å². The number of aromatic nitrogens is 6. The maximum Gasteiger partial charge on any atom is 0.173 e. The Morgan fingerprint density at radius 3 is 0.482 bits per heavy atom. The zero-order valence-corrected chi connectivity index (χ0v) is 61.5. The second-order valence-corrected chi connectivity index (χ2v) is 35.4. The summed E-state index contributed by atoms with van der Waals surface area (Å²) >= 11 is 0. The molecule has 4 aromatic carbocycles. The topological polar surface area (TPSA) is 87.9 Å². The van der Waals surface area contributed by atoms with E-state index in [0.717, 1.165) is 95.6 Å². The Bertz CT molecular complexity index is 4640. The minimum Gasteiger partial charge on any atom is -0.298 e. The van der Waals surface area contributed by atoms with Gasteiger partial charge in [0.1, 0.15) is 6.29 Å². The van der Waals surface area contributed by atoms with Crippen LogP contribution < -0.4 is 27.4 Å². The second kappa shape index (κ2) is 29.6. The Labute approximate surface area is 618 Å². The van der Waals surface area contributed by atoms with E-state index in [-0.39, 0.29) is 0 Å². The average Bonchev–Trinajstić information content (AvgIpc) is 0.800. The first-order valence-electron chi connectivity index (χ1n) is 30.1. The SMILES string of the molecule is F[P-](F)(F)(F)(F)F.F[P-](F)(F)(F)(F)F.F[P-](F)(F)(F)(F)F.F[P-](F)(F)(F)(F)F.F[P-](F)(F)(F)(F)F.F[P-](F)(F)(F)(F)F.N#Cc1ccc(C[n+]2ccc(-c3cc[n+](Cc4cc(C[n+]5ccc(-c6cc[n+](Cc7ccc(C#N)cc7)cc6)cc5)cc(C[n+]5ccc(-c6cc[n+](Cc7ccc(C=O)cc7)cc6)cc5)c4)cc3)cc2)cc1. The van der Waals surface area contributed by atoms with Crippen molar-refractivity contribution in [1.29, 1.82) is 10.5 Å². The molecule has 0 spiro atoms. The third kappa shape index (κ3) is 58.4. The summed E-state index contributed by atoms with van der Waals surface area (Å²) in [5.41, 5.74) is 16.1. The minimum atomic E-state index is -10.7. The molecule has 0 unspecified atom stereocenters. The second-order valence-electron chi connectivity index (χ2n) is 23.9. The third-order valence-corrected chi connectivity index (χ3v) is 12.9. The van der Waals surface area contributed by atoms with Crippen LogP contribution in [0.4, 0.5) is 151 Å². The van der Waals surface area contributed by atoms with Crippen molar-refractivity contribution in [2.45, 2.75) is 39.3 Å². The summed E-state index contributed by atoms with van der Waals surface area (Å²) in [6.07, 6.45) is 26.5. The van der Waals surface area contributed by atoms with Gasteiger partial charge in [-0.15, -0.1) is 0 Å². The van der Waals surface area contributed by atoms with Crippen LogP contribution in [0.5, 0.6) is 0 Å². The van der Waals surface area contributed by atoms with Crippen LogP contribution in [0.1, 0.15) is 54.9 Å². The van der Waals surface area contributed by atoms with E-state index >= 15 is 0 Å². The van der Waals surface area contributed by atoms with E-state index in [4.69, 9.17) is 10.5 Å². The molecule has 0 bridgehead atoms. The monoisotopic (exact) mass is 1810 g/mol. The largest absolute Gasteiger partial charge is 0.298 e. The molecule has 632 valence electrons. The molecule has 10 aromatic rings. The van der Waals surface area contributed by atoms with Crippen LogP contribution in [0.25, 0.3) is 33.4 Å². The van der Waals surface area contributed by atoms with Gasteiger partial charge in [0.25, 0.3) is 0 Å². The van der Waals surface area contributed by atoms with Crippen molar-refractivity contribution in [3.63, 3.8) is 0 Å². The van der Waals surface area contributed by atoms with Gasteiger partial charge in [-0.2, -0.15) is 10.5 Å². The van der Waals surface area contributed by atoms with Gasteiger partial charge in [-0.25, -0.2) is 27.4 Å². The van der Waals surface area contributed by atoms with Crippen molar-refractivity contribution in [3.05, 3.63) is 288 Å². The summed E-state index contributed by atoms with van der Waals surface area (Å²) in [5, 5.41) is 18.3. The molecule has 0 saturated carbocycles. The molecule has 0 N–H and O–H groups in total. The predicted octanol–water partition coefficient (Wildman–Crippen LogP) is 28.6. The average molecular weight is 1810 g/mol. The molecule has 0 amide bonds. The number of nitrogens with zero attached hydrogens (tertiary/aromatic N) is 8. The Morgan fingerprint density at radius 2 is 0.351 bits per heavy atom. The van der Waals surface area contributed by atoms with E-state index in [1.807, 2.05) is 72.8 Å². The van der Waals surface area contributed by atoms with Crippen LogP contribution >= 0.6 is 46.9 Å². The maximum absolute atomic E-state index is 11.1. The van der Waals surface area contributed by atoms with E-state index < -0.39 is 46.9 Å². The normalized spacial score (nSPS) is 15.4. The molecule has 51 heteroatoms. The fraction of sp³-hybridized carbons (Fsp3) is 0.0952. The van der Waals surface area contributed by atoms with Crippen molar-refractivity contribution in [3.8, 4) is 45.5 Å². The van der Waals surface area contributed by atoms with E-state index in [9.17, 15) is 156 Å². The van der Waals surface area contributed by atoms with E-state index in [0.29, 0.717) is 16.7 Å². The van der Waals surface area contributed by atoms with Gasteiger partial charge in [0.05, 0.1) is 23.3 Å². The standard InChI is InChI=1S/C63H52N8O.6F6P/c64-40-49-1-5-51(6-2-49)42-66-25-13-58(14-26-66)61-19-31-69(32-20-61)45-55-37-56(46-70-33-21-62(22-34-70)59-15-27-67(28-16-59)43-52-7-3-50(41-65)4-8-52)39-57(38-55)47-71-35-23-63(24-36-71)60-17-29-68(30-18-60)44-53-9-11-54(48-72)12-10-53;6*1-7(2,3,4,5)6/h1-39,48H,42-47H2;;;;;;/q+6;6*-1. The van der Waals surface area contributed by atoms with Crippen LogP contribution in [0.2, 0.25) is 0 Å². The van der Waals surface area contributed by atoms with Crippen molar-refractivity contribution < 1.29 is 183 Å². The number of hydrogen-bond donors (Lipinski definition) is 0. The van der Waals surface area contributed by atoms with Crippen LogP contribution in [0, 0.1) is 22.7 Å². The van der Waals surface area contributed by atoms with Gasteiger partial charge in [0, 0.05) is 112 Å². The molecular weight excluding hydrogens is 1750 g/mol. The number of benzene rings is 4. The number of rotatable bonds is 16. The molecule has 0 saturated heterocycles. The fourth-order valence-corrected chi connectivity index (χ4v) is 8.98. The molecule has 10 rings (SSSR count). The summed E-state index contributed by atoms with van der Waals surface area (Å²) in [5.74, 6) is 0. The number of pyridine rings is 6. The van der Waals surface area contributed by atoms with Gasteiger partial charge in [0.2, 0.25) is 0 Å². The van der Waals surface area contributed by atoms with Crippen LogP contribution in [-0.4, -0.2) is 6.29 Å². The first-order chi connectivity index (χ1) is 50.1. The minimum absolute atomic E-state index is 0.669. The summed E-state index contributed by atoms with van der Waals surface area (Å²) in [4.78, 5) is 11.1. The summed E-state index contributed by atoms with van der Waals surface area (Å²) in [7, 11) is -63.9. The molecule has 6 heterocycles. The van der Waals surface area contributed by atoms with Gasteiger partial charge >= 0.3 is 198 Å². The smallest absolute Gasteiger partial charge is 0.173 e. The number of nitriles is 2. The van der Waals surface area contributed by atoms with Gasteiger partial charge in [-0.1, -0.05) is 48.5 Å². The first kappa shape index (κ1) is 96.9. The number of hydrogen-bond acceptors (Lipinski definition) is 3. The zero-order chi connectivity index (χ0) is 87.5. The zero-order valence-electron chi connectivity index (χ0n) is 56.1. The molecule has 9 nitrogen and oxygen atoms in total. The Kier molecular flexibility index (Phi) is 25.2. The van der Waals surface area contributed by atoms with Gasteiger partial charge in [-0.3, -0.25) is 4.79 Å². The number of carbonyl (C=O) groups is 1. The Morgan fingerprint density at radius 1 is 0.219 bits per heavy atom. The molecule has 0 radical (unpaired) electrons. The predicted molar refractivity (Wildman–Crippen MR) is 353 cm³/mol. The molecule has 0 aliphatic carbocycles. The number of aldehydes is 1. The summed E-state index contributed by atoms with van der Waals surface area (Å²) < 4.78 is 368. The van der Waals surface area contributed by atoms with Crippen molar-refractivity contribution in [2.24, 2.45) is 0 Å². The summed E-state index contributed by atoms with van der Waals surface area (Å²) in [6.45, 7) is 4.39. The van der Waals surface area contributed by atoms with Crippen molar-refractivity contribution in [1.82, 2.24) is 0 Å². The molecule has 0 aliphatic heterocycles. The summed E-state index contributed by atoms with van der Waals surface area (Å²) in [6, 6.07) is 60.5. The van der Waals surface area contributed by atoms with Crippen LogP contribution in [0.15, 0.2) is 238 Å². The molecule has 0 fully saturated rings. The van der Waals surface area contributed by atoms with E-state index in [2.05, 4.69) is 205 Å². The Balaban J connectivity index is 0.000000530. The van der Waals surface area contributed by atoms with Gasteiger partial charge in [-0.05, 0) is 75.8 Å². The molecule has 0 aliphatic rings. The Hall–Kier alpha value is -9.51. The number of carbonyl (C=O) groups excluding carboxylic acids is 1. The molecule has 6 aromatic heterocycles. The molecule has 0 atom stereocenters. The van der Waals surface area contributed by atoms with Crippen molar-refractivity contribution >= 4 is 53.1 Å². The van der Waals surface area contributed by atoms with E-state index in [1.165, 1.54) is 16.7 Å². The quantitative estimate of drug-likeness (QED) is 0.0418. The third-order valence-electron chi connectivity index (χ3n) is 12.9. The van der Waals surface area contributed by atoms with E-state index in [1.54, 1.807) is 0 Å². The first-order valence-corrected chi connectivity index (χ1v) is 42.3. The van der Waals surface area contributed by atoms with Crippen LogP contribution in [0.3, 0.4) is 0 Å². The maximum atomic E-state index is 11.1. The number of halogens is 36. The van der Waals surface area contributed by atoms with Crippen LogP contribution in [-0.2, 0) is 39.3 Å². The van der Waals surface area contributed by atoms with Crippen molar-refractivity contribution in [2.75, 3.05) is 0 Å².